The number of primary amides is 1. The van der Waals surface area contributed by atoms with Gasteiger partial charge in [0.05, 0.1) is 11.6 Å². The lowest BCUT2D eigenvalue weighted by Crippen LogP contribution is -2.47. The van der Waals surface area contributed by atoms with Crippen LogP contribution in [0.25, 0.3) is 0 Å². The zero-order chi connectivity index (χ0) is 14.5. The van der Waals surface area contributed by atoms with Crippen molar-refractivity contribution in [1.29, 1.82) is 0 Å². The molecule has 2 N–H and O–H groups in total. The summed E-state index contributed by atoms with van der Waals surface area (Å²) in [6, 6.07) is 5.15. The summed E-state index contributed by atoms with van der Waals surface area (Å²) >= 11 is 0. The average Bonchev–Trinajstić information content (AvgIpc) is 2.88. The second-order valence-electron chi connectivity index (χ2n) is 4.64. The van der Waals surface area contributed by atoms with Crippen LogP contribution in [0.4, 0.5) is 4.79 Å². The molecule has 0 aliphatic rings. The van der Waals surface area contributed by atoms with Crippen LogP contribution in [0.3, 0.4) is 0 Å². The first-order valence-corrected chi connectivity index (χ1v) is 9.33. The number of furan rings is 1. The van der Waals surface area contributed by atoms with Gasteiger partial charge in [-0.05, 0) is 12.1 Å². The molecule has 1 rings (SSSR count). The van der Waals surface area contributed by atoms with Crippen molar-refractivity contribution in [2.75, 3.05) is 0 Å². The minimum absolute atomic E-state index is 0.525. The van der Waals surface area contributed by atoms with Crippen LogP contribution in [-0.2, 0) is 4.74 Å². The van der Waals surface area contributed by atoms with Crippen molar-refractivity contribution in [3.8, 4) is 0 Å². The Hall–Kier alpha value is -1.49. The summed E-state index contributed by atoms with van der Waals surface area (Å²) in [5, 5.41) is 1.01. The van der Waals surface area contributed by atoms with Crippen LogP contribution in [0.2, 0.25) is 18.1 Å². The van der Waals surface area contributed by atoms with Gasteiger partial charge in [0.2, 0.25) is 0 Å². The van der Waals surface area contributed by atoms with Crippen LogP contribution in [0, 0.1) is 0 Å². The summed E-state index contributed by atoms with van der Waals surface area (Å²) in [7, 11) is -1.66. The van der Waals surface area contributed by atoms with Gasteiger partial charge in [-0.15, -0.1) is 0 Å². The van der Waals surface area contributed by atoms with Gasteiger partial charge in [-0.25, -0.2) is 4.79 Å². The normalized spacial score (nSPS) is 13.0. The quantitative estimate of drug-likeness (QED) is 0.616. The first kappa shape index (κ1) is 15.6. The van der Waals surface area contributed by atoms with Gasteiger partial charge in [-0.1, -0.05) is 45.5 Å². The molecule has 0 saturated carbocycles. The van der Waals surface area contributed by atoms with E-state index in [4.69, 9.17) is 14.9 Å². The first-order valence-electron chi connectivity index (χ1n) is 6.71. The number of hydrogen-bond acceptors (Lipinski definition) is 3. The molecule has 4 nitrogen and oxygen atoms in total. The van der Waals surface area contributed by atoms with Crippen LogP contribution < -0.4 is 11.1 Å². The Bertz CT molecular complexity index is 429. The average molecular weight is 281 g/mol. The summed E-state index contributed by atoms with van der Waals surface area (Å²) in [4.78, 5) is 11.0. The number of rotatable bonds is 7. The maximum atomic E-state index is 11.0. The van der Waals surface area contributed by atoms with Crippen LogP contribution in [-0.4, -0.2) is 14.2 Å². The van der Waals surface area contributed by atoms with Crippen LogP contribution in [0.1, 0.15) is 32.4 Å². The summed E-state index contributed by atoms with van der Waals surface area (Å²) in [5.41, 5.74) is 6.00. The third kappa shape index (κ3) is 3.09. The molecule has 0 aromatic carbocycles. The summed E-state index contributed by atoms with van der Waals surface area (Å²) in [6.45, 7) is 10.3. The van der Waals surface area contributed by atoms with Crippen molar-refractivity contribution in [2.45, 2.75) is 45.0 Å². The van der Waals surface area contributed by atoms with Gasteiger partial charge in [0.25, 0.3) is 0 Å². The van der Waals surface area contributed by atoms with E-state index in [9.17, 15) is 4.79 Å². The van der Waals surface area contributed by atoms with Crippen molar-refractivity contribution >= 4 is 19.6 Å². The minimum Gasteiger partial charge on any atom is -0.474 e. The van der Waals surface area contributed by atoms with Crippen molar-refractivity contribution in [1.82, 2.24) is 0 Å². The molecule has 0 aliphatic heterocycles. The highest BCUT2D eigenvalue weighted by Crippen LogP contribution is 2.26. The van der Waals surface area contributed by atoms with Gasteiger partial charge in [0.15, 0.2) is 0 Å². The Labute approximate surface area is 115 Å². The molecule has 0 fully saturated rings. The lowest BCUT2D eigenvalue weighted by molar-refractivity contribution is 0.130. The lowest BCUT2D eigenvalue weighted by Gasteiger charge is -2.27. The molecular formula is C14H23NO3Si. The summed E-state index contributed by atoms with van der Waals surface area (Å²) in [6.07, 6.45) is 1.92. The SMILES string of the molecule is C=CC(OC(N)=O)c1ccoc1[Si](CC)(CC)CC. The van der Waals surface area contributed by atoms with Crippen molar-refractivity contribution in [2.24, 2.45) is 5.73 Å². The second kappa shape index (κ2) is 6.61. The molecule has 1 aromatic rings. The summed E-state index contributed by atoms with van der Waals surface area (Å²) in [5.74, 6) is 0. The number of hydrogen-bond donors (Lipinski definition) is 1. The fraction of sp³-hybridized carbons (Fsp3) is 0.500. The van der Waals surface area contributed by atoms with E-state index < -0.39 is 20.3 Å². The fourth-order valence-electron chi connectivity index (χ4n) is 2.57. The molecule has 106 valence electrons. The third-order valence-electron chi connectivity index (χ3n) is 3.97. The maximum Gasteiger partial charge on any atom is 0.405 e. The molecule has 1 atom stereocenters. The van der Waals surface area contributed by atoms with Gasteiger partial charge < -0.3 is 14.9 Å². The highest BCUT2D eigenvalue weighted by atomic mass is 28.3. The Kier molecular flexibility index (Phi) is 5.41. The summed E-state index contributed by atoms with van der Waals surface area (Å²) < 4.78 is 10.8. The van der Waals surface area contributed by atoms with Crippen molar-refractivity contribution in [3.05, 3.63) is 30.5 Å². The van der Waals surface area contributed by atoms with Crippen LogP contribution >= 0.6 is 0 Å². The largest absolute Gasteiger partial charge is 0.474 e. The van der Waals surface area contributed by atoms with Gasteiger partial charge in [0.1, 0.15) is 14.2 Å². The molecular weight excluding hydrogens is 258 g/mol. The fourth-order valence-corrected chi connectivity index (χ4v) is 6.19. The van der Waals surface area contributed by atoms with E-state index >= 15 is 0 Å². The third-order valence-corrected chi connectivity index (χ3v) is 9.40. The predicted octanol–water partition coefficient (Wildman–Crippen LogP) is 3.32. The van der Waals surface area contributed by atoms with Crippen LogP contribution in [0.5, 0.6) is 0 Å². The topological polar surface area (TPSA) is 65.5 Å². The van der Waals surface area contributed by atoms with E-state index in [0.29, 0.717) is 0 Å². The number of nitrogens with two attached hydrogens (primary N) is 1. The van der Waals surface area contributed by atoms with E-state index in [-0.39, 0.29) is 0 Å². The molecule has 1 aromatic heterocycles. The number of amides is 1. The van der Waals surface area contributed by atoms with E-state index in [1.165, 1.54) is 0 Å². The highest BCUT2D eigenvalue weighted by molar-refractivity contribution is 6.91. The molecule has 0 spiro atoms. The first-order chi connectivity index (χ1) is 9.04. The molecule has 19 heavy (non-hydrogen) atoms. The zero-order valence-corrected chi connectivity index (χ0v) is 12.9. The molecule has 0 radical (unpaired) electrons. The van der Waals surface area contributed by atoms with E-state index in [2.05, 4.69) is 27.4 Å². The van der Waals surface area contributed by atoms with Crippen LogP contribution in [0.15, 0.2) is 29.4 Å². The standard InChI is InChI=1S/C14H23NO3Si/c1-5-12(18-14(15)16)11-9-10-17-13(11)19(6-2,7-3)8-4/h5,9-10,12H,1,6-8H2,2-4H3,(H2,15,16). The maximum absolute atomic E-state index is 11.0. The van der Waals surface area contributed by atoms with E-state index in [1.54, 1.807) is 12.3 Å². The minimum atomic E-state index is -1.66. The van der Waals surface area contributed by atoms with Gasteiger partial charge in [-0.2, -0.15) is 0 Å². The molecule has 1 amide bonds. The molecule has 1 heterocycles. The van der Waals surface area contributed by atoms with Crippen molar-refractivity contribution < 1.29 is 13.9 Å². The molecule has 5 heteroatoms. The predicted molar refractivity (Wildman–Crippen MR) is 79.1 cm³/mol. The Morgan fingerprint density at radius 3 is 2.47 bits per heavy atom. The van der Waals surface area contributed by atoms with Gasteiger partial charge >= 0.3 is 6.09 Å². The lowest BCUT2D eigenvalue weighted by atomic mass is 10.2. The molecule has 0 aliphatic carbocycles. The highest BCUT2D eigenvalue weighted by Gasteiger charge is 2.36. The Balaban J connectivity index is 3.21. The molecule has 0 saturated heterocycles. The molecule has 1 unspecified atom stereocenters. The number of ether oxygens (including phenoxy) is 1. The molecule has 0 bridgehead atoms. The smallest absolute Gasteiger partial charge is 0.405 e. The number of carbonyl (C=O) groups is 1. The second-order valence-corrected chi connectivity index (χ2v) is 9.78. The number of carbonyl (C=O) groups excluding carboxylic acids is 1. The van der Waals surface area contributed by atoms with Gasteiger partial charge in [0, 0.05) is 5.56 Å². The van der Waals surface area contributed by atoms with Crippen molar-refractivity contribution in [3.63, 3.8) is 0 Å². The Morgan fingerprint density at radius 2 is 2.05 bits per heavy atom. The monoisotopic (exact) mass is 281 g/mol. The zero-order valence-electron chi connectivity index (χ0n) is 11.9. The van der Waals surface area contributed by atoms with E-state index in [1.807, 2.05) is 6.07 Å². The van der Waals surface area contributed by atoms with E-state index in [0.717, 1.165) is 29.1 Å². The Morgan fingerprint density at radius 1 is 1.47 bits per heavy atom. The van der Waals surface area contributed by atoms with Gasteiger partial charge in [-0.3, -0.25) is 0 Å².